The third kappa shape index (κ3) is 4.95. The van der Waals surface area contributed by atoms with E-state index in [0.717, 1.165) is 23.6 Å². The summed E-state index contributed by atoms with van der Waals surface area (Å²) in [5, 5.41) is 5.83. The molecule has 0 bridgehead atoms. The van der Waals surface area contributed by atoms with Gasteiger partial charge in [0.2, 0.25) is 0 Å². The minimum absolute atomic E-state index is 0. The van der Waals surface area contributed by atoms with Gasteiger partial charge in [0.15, 0.2) is 0 Å². The van der Waals surface area contributed by atoms with Gasteiger partial charge < -0.3 is 9.73 Å². The Hall–Kier alpha value is -2.74. The van der Waals surface area contributed by atoms with Crippen molar-refractivity contribution in [3.05, 3.63) is 77.9 Å². The van der Waals surface area contributed by atoms with Crippen LogP contribution in [0.2, 0.25) is 0 Å². The minimum Gasteiger partial charge on any atom is -0.456 e. The Kier molecular flexibility index (Phi) is 7.59. The number of hydrogen-bond donors (Lipinski definition) is 1. The number of rotatable bonds is 1. The van der Waals surface area contributed by atoms with Crippen molar-refractivity contribution in [1.29, 1.82) is 0 Å². The summed E-state index contributed by atoms with van der Waals surface area (Å²) in [7, 11) is 0. The molecule has 1 N–H and O–H groups in total. The van der Waals surface area contributed by atoms with Crippen LogP contribution in [0.4, 0.5) is 5.69 Å². The Morgan fingerprint density at radius 1 is 0.839 bits per heavy atom. The highest BCUT2D eigenvalue weighted by Gasteiger charge is 2.23. The Morgan fingerprint density at radius 2 is 1.48 bits per heavy atom. The van der Waals surface area contributed by atoms with Gasteiger partial charge in [0.05, 0.1) is 0 Å². The highest BCUT2D eigenvalue weighted by atomic mass is 16.3. The summed E-state index contributed by atoms with van der Waals surface area (Å²) >= 11 is 0. The average molecular weight is 418 g/mol. The molecule has 2 heteroatoms. The second-order valence-corrected chi connectivity index (χ2v) is 9.38. The fraction of sp³-hybridized carbons (Fsp3) is 0.379. The van der Waals surface area contributed by atoms with Gasteiger partial charge in [0, 0.05) is 28.9 Å². The lowest BCUT2D eigenvalue weighted by molar-refractivity contribution is 0.533. The van der Waals surface area contributed by atoms with Crippen molar-refractivity contribution >= 4 is 27.6 Å². The monoisotopic (exact) mass is 417 g/mol. The quantitative estimate of drug-likeness (QED) is 0.334. The zero-order valence-corrected chi connectivity index (χ0v) is 18.1. The number of para-hydroxylation sites is 2. The molecule has 1 aliphatic rings. The molecule has 1 atom stereocenters. The summed E-state index contributed by atoms with van der Waals surface area (Å²) in [4.78, 5) is 0. The van der Waals surface area contributed by atoms with Crippen molar-refractivity contribution in [3.8, 4) is 0 Å². The lowest BCUT2D eigenvalue weighted by atomic mass is 9.87. The van der Waals surface area contributed by atoms with Crippen molar-refractivity contribution < 1.29 is 4.42 Å². The van der Waals surface area contributed by atoms with E-state index in [1.165, 1.54) is 27.6 Å². The van der Waals surface area contributed by atoms with E-state index >= 15 is 0 Å². The van der Waals surface area contributed by atoms with Gasteiger partial charge in [-0.05, 0) is 40.7 Å². The van der Waals surface area contributed by atoms with Crippen LogP contribution in [0, 0.1) is 5.92 Å². The number of hydrogen-bond acceptors (Lipinski definition) is 2. The lowest BCUT2D eigenvalue weighted by Gasteiger charge is -2.18. The van der Waals surface area contributed by atoms with Crippen LogP contribution in [0.1, 0.15) is 66.5 Å². The Bertz CT molecular complexity index is 1130. The van der Waals surface area contributed by atoms with Crippen LogP contribution >= 0.6 is 0 Å². The van der Waals surface area contributed by atoms with Gasteiger partial charge in [0.25, 0.3) is 0 Å². The molecule has 0 spiro atoms. The van der Waals surface area contributed by atoms with Gasteiger partial charge in [-0.25, -0.2) is 0 Å². The molecular formula is C29H39NO. The zero-order valence-electron chi connectivity index (χ0n) is 18.1. The molecule has 2 heterocycles. The van der Waals surface area contributed by atoms with E-state index in [0.29, 0.717) is 5.92 Å². The molecule has 0 aliphatic carbocycles. The van der Waals surface area contributed by atoms with Gasteiger partial charge in [-0.2, -0.15) is 0 Å². The average Bonchev–Trinajstić information content (AvgIpc) is 3.29. The second kappa shape index (κ2) is 9.60. The van der Waals surface area contributed by atoms with Gasteiger partial charge >= 0.3 is 0 Å². The minimum atomic E-state index is 0. The van der Waals surface area contributed by atoms with E-state index in [1.54, 1.807) is 0 Å². The summed E-state index contributed by atoms with van der Waals surface area (Å²) in [6.07, 6.45) is 0. The number of fused-ring (bicyclic) bond motifs is 4. The number of benzene rings is 3. The highest BCUT2D eigenvalue weighted by Crippen LogP contribution is 2.35. The molecule has 2 nitrogen and oxygen atoms in total. The fourth-order valence-electron chi connectivity index (χ4n) is 4.10. The predicted molar refractivity (Wildman–Crippen MR) is 138 cm³/mol. The Labute approximate surface area is 188 Å². The van der Waals surface area contributed by atoms with Crippen LogP contribution in [0.5, 0.6) is 0 Å². The maximum absolute atomic E-state index is 5.89. The van der Waals surface area contributed by atoms with E-state index in [1.807, 2.05) is 12.1 Å². The molecule has 31 heavy (non-hydrogen) atoms. The third-order valence-corrected chi connectivity index (χ3v) is 5.92. The fourth-order valence-corrected chi connectivity index (χ4v) is 4.10. The van der Waals surface area contributed by atoms with E-state index in [9.17, 15) is 0 Å². The molecule has 1 aromatic heterocycles. The van der Waals surface area contributed by atoms with Gasteiger partial charge in [-0.1, -0.05) is 98.0 Å². The predicted octanol–water partition coefficient (Wildman–Crippen LogP) is 9.01. The molecule has 0 fully saturated rings. The van der Waals surface area contributed by atoms with E-state index < -0.39 is 0 Å². The first-order valence-electron chi connectivity index (χ1n) is 10.6. The maximum Gasteiger partial charge on any atom is 0.135 e. The van der Waals surface area contributed by atoms with Crippen LogP contribution in [0.15, 0.2) is 71.1 Å². The van der Waals surface area contributed by atoms with E-state index in [4.69, 9.17) is 4.42 Å². The van der Waals surface area contributed by atoms with E-state index in [-0.39, 0.29) is 20.3 Å². The molecule has 4 aromatic rings. The summed E-state index contributed by atoms with van der Waals surface area (Å²) in [5.41, 5.74) is 6.24. The molecule has 5 rings (SSSR count). The molecule has 0 radical (unpaired) electrons. The highest BCUT2D eigenvalue weighted by molar-refractivity contribution is 6.04. The number of nitrogens with one attached hydrogen (secondary N) is 1. The first-order valence-corrected chi connectivity index (χ1v) is 10.6. The van der Waals surface area contributed by atoms with Crippen molar-refractivity contribution in [2.45, 2.75) is 60.8 Å². The maximum atomic E-state index is 5.89. The Balaban J connectivity index is 0.000000218. The summed E-state index contributed by atoms with van der Waals surface area (Å²) in [6, 6.07) is 23.3. The first kappa shape index (κ1) is 24.5. The van der Waals surface area contributed by atoms with Crippen LogP contribution in [-0.4, -0.2) is 6.54 Å². The Morgan fingerprint density at radius 3 is 2.19 bits per heavy atom. The van der Waals surface area contributed by atoms with Gasteiger partial charge in [0.1, 0.15) is 11.2 Å². The van der Waals surface area contributed by atoms with Crippen molar-refractivity contribution in [2.75, 3.05) is 11.9 Å². The lowest BCUT2D eigenvalue weighted by Crippen LogP contribution is -2.10. The smallest absolute Gasteiger partial charge is 0.135 e. The molecule has 1 unspecified atom stereocenters. The molecular weight excluding hydrogens is 378 g/mol. The SMILES string of the molecule is C.C.CC(C)(C)c1ccc2c(c1)oc1ccccc12.CC(C)C1CNc2ccccc21. The zero-order chi connectivity index (χ0) is 20.6. The largest absolute Gasteiger partial charge is 0.456 e. The number of anilines is 1. The normalized spacial score (nSPS) is 14.8. The summed E-state index contributed by atoms with van der Waals surface area (Å²) < 4.78 is 5.89. The van der Waals surface area contributed by atoms with Gasteiger partial charge in [-0.15, -0.1) is 0 Å². The third-order valence-electron chi connectivity index (χ3n) is 5.92. The van der Waals surface area contributed by atoms with Crippen molar-refractivity contribution in [1.82, 2.24) is 0 Å². The molecule has 0 saturated heterocycles. The first-order chi connectivity index (χ1) is 13.8. The molecule has 166 valence electrons. The van der Waals surface area contributed by atoms with Crippen LogP contribution < -0.4 is 5.32 Å². The summed E-state index contributed by atoms with van der Waals surface area (Å²) in [6.45, 7) is 12.3. The molecule has 1 aliphatic heterocycles. The molecule has 3 aromatic carbocycles. The van der Waals surface area contributed by atoms with Gasteiger partial charge in [-0.3, -0.25) is 0 Å². The molecule has 0 amide bonds. The van der Waals surface area contributed by atoms with Crippen molar-refractivity contribution in [2.24, 2.45) is 5.92 Å². The van der Waals surface area contributed by atoms with Crippen molar-refractivity contribution in [3.63, 3.8) is 0 Å². The topological polar surface area (TPSA) is 25.2 Å². The molecule has 0 saturated carbocycles. The van der Waals surface area contributed by atoms with Crippen LogP contribution in [0.3, 0.4) is 0 Å². The number of furan rings is 1. The van der Waals surface area contributed by atoms with E-state index in [2.05, 4.69) is 94.5 Å². The summed E-state index contributed by atoms with van der Waals surface area (Å²) in [5.74, 6) is 1.45. The standard InChI is InChI=1S/C16H16O.C11H15N.2CH4/c1-16(2,3)11-8-9-13-12-6-4-5-7-14(12)17-15(13)10-11;1-8(2)10-7-12-11-6-4-3-5-9(10)11;;/h4-10H,1-3H3;3-6,8,10,12H,7H2,1-2H3;2*1H4. The van der Waals surface area contributed by atoms with Crippen LogP contribution in [-0.2, 0) is 5.41 Å². The van der Waals surface area contributed by atoms with Crippen LogP contribution in [0.25, 0.3) is 21.9 Å². The second-order valence-electron chi connectivity index (χ2n) is 9.38.